The summed E-state index contributed by atoms with van der Waals surface area (Å²) >= 11 is 0. The van der Waals surface area contributed by atoms with E-state index in [1.54, 1.807) is 19.2 Å². The third-order valence-corrected chi connectivity index (χ3v) is 5.11. The summed E-state index contributed by atoms with van der Waals surface area (Å²) in [5.41, 5.74) is 2.62. The van der Waals surface area contributed by atoms with Crippen molar-refractivity contribution in [3.63, 3.8) is 0 Å². The van der Waals surface area contributed by atoms with Crippen molar-refractivity contribution < 1.29 is 13.9 Å². The van der Waals surface area contributed by atoms with Crippen LogP contribution in [-0.2, 0) is 0 Å². The molecule has 0 fully saturated rings. The average Bonchev–Trinajstić information content (AvgIpc) is 2.72. The fourth-order valence-electron chi connectivity index (χ4n) is 3.32. The number of aryl methyl sites for hydroxylation is 1. The molecule has 0 atom stereocenters. The highest BCUT2D eigenvalue weighted by Gasteiger charge is 2.15. The van der Waals surface area contributed by atoms with Crippen LogP contribution in [0.5, 0.6) is 0 Å². The molecule has 8 heteroatoms. The molecule has 32 heavy (non-hydrogen) atoms. The van der Waals surface area contributed by atoms with E-state index in [0.29, 0.717) is 35.8 Å². The summed E-state index contributed by atoms with van der Waals surface area (Å²) < 4.78 is 29.1. The molecule has 0 spiro atoms. The van der Waals surface area contributed by atoms with E-state index in [4.69, 9.17) is 5.11 Å². The Balaban J connectivity index is 1.83. The second kappa shape index (κ2) is 10.2. The van der Waals surface area contributed by atoms with Crippen molar-refractivity contribution in [2.75, 3.05) is 37.0 Å². The molecule has 0 aliphatic heterocycles. The van der Waals surface area contributed by atoms with E-state index in [-0.39, 0.29) is 23.3 Å². The van der Waals surface area contributed by atoms with E-state index in [0.717, 1.165) is 24.4 Å². The molecule has 6 nitrogen and oxygen atoms in total. The number of fused-ring (bicyclic) bond motifs is 1. The lowest BCUT2D eigenvalue weighted by Crippen LogP contribution is -2.26. The third kappa shape index (κ3) is 6.11. The van der Waals surface area contributed by atoms with Gasteiger partial charge in [-0.3, -0.25) is 4.98 Å². The van der Waals surface area contributed by atoms with Crippen LogP contribution in [0.3, 0.4) is 0 Å². The zero-order chi connectivity index (χ0) is 23.3. The number of halogens is 2. The van der Waals surface area contributed by atoms with Crippen LogP contribution in [0.15, 0.2) is 30.5 Å². The third-order valence-electron chi connectivity index (χ3n) is 5.11. The van der Waals surface area contributed by atoms with Crippen molar-refractivity contribution >= 4 is 22.4 Å². The molecule has 0 aliphatic rings. The second-order valence-electron chi connectivity index (χ2n) is 9.01. The van der Waals surface area contributed by atoms with Gasteiger partial charge in [-0.1, -0.05) is 20.8 Å². The first-order chi connectivity index (χ1) is 15.2. The maximum Gasteiger partial charge on any atom is 0.149 e. The minimum absolute atomic E-state index is 0.00255. The summed E-state index contributed by atoms with van der Waals surface area (Å²) in [7, 11) is 0. The highest BCUT2D eigenvalue weighted by atomic mass is 19.1. The summed E-state index contributed by atoms with van der Waals surface area (Å²) in [4.78, 5) is 8.89. The number of hydrogen-bond acceptors (Lipinski definition) is 6. The lowest BCUT2D eigenvalue weighted by atomic mass is 9.92. The van der Waals surface area contributed by atoms with E-state index >= 15 is 0 Å². The maximum absolute atomic E-state index is 14.7. The van der Waals surface area contributed by atoms with Gasteiger partial charge in [0.25, 0.3) is 0 Å². The minimum Gasteiger partial charge on any atom is -0.395 e. The predicted molar refractivity (Wildman–Crippen MR) is 126 cm³/mol. The molecular formula is C24H31F2N5O. The Morgan fingerprint density at radius 2 is 1.75 bits per heavy atom. The van der Waals surface area contributed by atoms with Gasteiger partial charge >= 0.3 is 0 Å². The minimum atomic E-state index is -0.646. The number of aliphatic hydroxyl groups excluding tert-OH is 1. The van der Waals surface area contributed by atoms with Gasteiger partial charge in [-0.2, -0.15) is 0 Å². The van der Waals surface area contributed by atoms with Crippen LogP contribution in [0.1, 0.15) is 32.9 Å². The second-order valence-corrected chi connectivity index (χ2v) is 9.01. The van der Waals surface area contributed by atoms with Crippen molar-refractivity contribution in [1.29, 1.82) is 0 Å². The largest absolute Gasteiger partial charge is 0.395 e. The van der Waals surface area contributed by atoms with Crippen molar-refractivity contribution in [2.45, 2.75) is 34.1 Å². The lowest BCUT2D eigenvalue weighted by molar-refractivity contribution is 0.311. The Morgan fingerprint density at radius 1 is 0.969 bits per heavy atom. The molecule has 0 saturated heterocycles. The zero-order valence-corrected chi connectivity index (χ0v) is 19.0. The molecule has 172 valence electrons. The van der Waals surface area contributed by atoms with Gasteiger partial charge in [-0.25, -0.2) is 13.8 Å². The topological polar surface area (TPSA) is 82.1 Å². The SMILES string of the molecule is Cc1nc2cc(NCCO)ncc2cc1-c1cc(NCNCCC(C)(C)C)c(F)cc1F. The van der Waals surface area contributed by atoms with Crippen LogP contribution < -0.4 is 16.0 Å². The first-order valence-corrected chi connectivity index (χ1v) is 10.7. The number of nitrogens with one attached hydrogen (secondary N) is 3. The van der Waals surface area contributed by atoms with Crippen LogP contribution in [0, 0.1) is 24.0 Å². The Kier molecular flexibility index (Phi) is 7.58. The van der Waals surface area contributed by atoms with E-state index in [9.17, 15) is 8.78 Å². The molecular weight excluding hydrogens is 412 g/mol. The smallest absolute Gasteiger partial charge is 0.149 e. The van der Waals surface area contributed by atoms with Gasteiger partial charge in [-0.15, -0.1) is 0 Å². The molecule has 0 saturated carbocycles. The fraction of sp³-hybridized carbons (Fsp3) is 0.417. The predicted octanol–water partition coefficient (Wildman–Crippen LogP) is 4.68. The maximum atomic E-state index is 14.7. The first kappa shape index (κ1) is 23.8. The van der Waals surface area contributed by atoms with Crippen LogP contribution in [0.25, 0.3) is 22.0 Å². The van der Waals surface area contributed by atoms with Gasteiger partial charge in [0.15, 0.2) is 0 Å². The molecule has 0 aliphatic carbocycles. The number of rotatable bonds is 9. The van der Waals surface area contributed by atoms with Crippen LogP contribution in [0.2, 0.25) is 0 Å². The summed E-state index contributed by atoms with van der Waals surface area (Å²) in [5, 5.41) is 18.9. The standard InChI is InChI=1S/C24H31F2N5O/c1-15-17(9-16-13-29-23(28-7-8-32)12-21(16)31-15)18-10-22(20(26)11-19(18)25)30-14-27-6-5-24(2,3)4/h9-13,27,30,32H,5-8,14H2,1-4H3,(H,28,29). The molecule has 0 amide bonds. The van der Waals surface area contributed by atoms with Gasteiger partial charge in [0.2, 0.25) is 0 Å². The number of aliphatic hydroxyl groups is 1. The van der Waals surface area contributed by atoms with E-state index in [1.165, 1.54) is 6.07 Å². The van der Waals surface area contributed by atoms with Crippen molar-refractivity contribution in [2.24, 2.45) is 5.41 Å². The summed E-state index contributed by atoms with van der Waals surface area (Å²) in [5.74, 6) is -0.687. The molecule has 2 aromatic heterocycles. The van der Waals surface area contributed by atoms with Crippen LogP contribution in [-0.4, -0.2) is 41.4 Å². The molecule has 3 rings (SSSR count). The number of pyridine rings is 2. The van der Waals surface area contributed by atoms with Crippen molar-refractivity contribution in [3.8, 4) is 11.1 Å². The highest BCUT2D eigenvalue weighted by Crippen LogP contribution is 2.32. The molecule has 0 bridgehead atoms. The Labute approximate surface area is 187 Å². The highest BCUT2D eigenvalue weighted by molar-refractivity contribution is 5.86. The van der Waals surface area contributed by atoms with Gasteiger partial charge in [0, 0.05) is 47.1 Å². The normalized spacial score (nSPS) is 11.7. The number of anilines is 2. The Bertz CT molecular complexity index is 1080. The van der Waals surface area contributed by atoms with E-state index in [2.05, 4.69) is 46.7 Å². The molecule has 4 N–H and O–H groups in total. The van der Waals surface area contributed by atoms with Crippen molar-refractivity contribution in [1.82, 2.24) is 15.3 Å². The van der Waals surface area contributed by atoms with Crippen LogP contribution >= 0.6 is 0 Å². The summed E-state index contributed by atoms with van der Waals surface area (Å²) in [6, 6.07) is 5.97. The van der Waals surface area contributed by atoms with Gasteiger partial charge in [0.1, 0.15) is 17.5 Å². The van der Waals surface area contributed by atoms with E-state index in [1.807, 2.05) is 6.07 Å². The lowest BCUT2D eigenvalue weighted by Gasteiger charge is -2.18. The van der Waals surface area contributed by atoms with E-state index < -0.39 is 11.6 Å². The number of aromatic nitrogens is 2. The molecule has 2 heterocycles. The first-order valence-electron chi connectivity index (χ1n) is 10.7. The summed E-state index contributed by atoms with van der Waals surface area (Å²) in [6.45, 7) is 9.83. The number of hydrogen-bond donors (Lipinski definition) is 4. The quantitative estimate of drug-likeness (QED) is 0.284. The number of nitrogens with zero attached hydrogens (tertiary/aromatic N) is 2. The van der Waals surface area contributed by atoms with Gasteiger partial charge < -0.3 is 21.1 Å². The monoisotopic (exact) mass is 443 g/mol. The molecule has 0 radical (unpaired) electrons. The van der Waals surface area contributed by atoms with Crippen LogP contribution in [0.4, 0.5) is 20.3 Å². The zero-order valence-electron chi connectivity index (χ0n) is 19.0. The average molecular weight is 444 g/mol. The summed E-state index contributed by atoms with van der Waals surface area (Å²) in [6.07, 6.45) is 2.63. The molecule has 1 aromatic carbocycles. The number of benzene rings is 1. The van der Waals surface area contributed by atoms with Gasteiger partial charge in [0.05, 0.1) is 24.5 Å². The Morgan fingerprint density at radius 3 is 2.47 bits per heavy atom. The van der Waals surface area contributed by atoms with Crippen molar-refractivity contribution in [3.05, 3.63) is 47.8 Å². The fourth-order valence-corrected chi connectivity index (χ4v) is 3.32. The molecule has 3 aromatic rings. The molecule has 0 unspecified atom stereocenters. The van der Waals surface area contributed by atoms with Gasteiger partial charge in [-0.05, 0) is 37.4 Å². The Hall–Kier alpha value is -2.84.